The molecule has 0 aromatic rings. The molecule has 0 unspecified atom stereocenters. The van der Waals surface area contributed by atoms with E-state index >= 15 is 0 Å². The van der Waals surface area contributed by atoms with Crippen LogP contribution in [0.4, 0.5) is 0 Å². The Morgan fingerprint density at radius 3 is 2.18 bits per heavy atom. The molecule has 0 aromatic heterocycles. The molecule has 0 atom stereocenters. The van der Waals surface area contributed by atoms with Crippen LogP contribution in [0.15, 0.2) is 0 Å². The van der Waals surface area contributed by atoms with Crippen LogP contribution in [0, 0.1) is 5.92 Å². The zero-order valence-electron chi connectivity index (χ0n) is 11.9. The molecule has 0 bridgehead atoms. The second-order valence-corrected chi connectivity index (χ2v) is 4.80. The molecule has 0 aromatic carbocycles. The molecule has 0 fully saturated rings. The van der Waals surface area contributed by atoms with Gasteiger partial charge in [-0.1, -0.05) is 27.7 Å². The summed E-state index contributed by atoms with van der Waals surface area (Å²) < 4.78 is 0. The number of carbonyl (C=O) groups excluding carboxylic acids is 1. The number of hydrogen-bond acceptors (Lipinski definition) is 3. The maximum Gasteiger partial charge on any atom is 0.223 e. The number of rotatable bonds is 9. The maximum atomic E-state index is 11.9. The number of likely N-dealkylation sites (N-methyl/N-ethyl adjacent to an activating group) is 1. The van der Waals surface area contributed by atoms with E-state index in [1.165, 1.54) is 0 Å². The van der Waals surface area contributed by atoms with Gasteiger partial charge >= 0.3 is 0 Å². The van der Waals surface area contributed by atoms with Crippen LogP contribution in [0.2, 0.25) is 0 Å². The molecule has 0 aliphatic rings. The van der Waals surface area contributed by atoms with Crippen LogP contribution in [0.25, 0.3) is 0 Å². The summed E-state index contributed by atoms with van der Waals surface area (Å²) in [4.78, 5) is 16.2. The topological polar surface area (TPSA) is 49.6 Å². The Kier molecular flexibility index (Phi) is 9.09. The summed E-state index contributed by atoms with van der Waals surface area (Å²) in [5, 5.41) is 0. The van der Waals surface area contributed by atoms with Crippen molar-refractivity contribution in [3.05, 3.63) is 0 Å². The van der Waals surface area contributed by atoms with Crippen LogP contribution in [0.1, 0.15) is 34.1 Å². The summed E-state index contributed by atoms with van der Waals surface area (Å²) >= 11 is 0. The van der Waals surface area contributed by atoms with Crippen molar-refractivity contribution in [1.82, 2.24) is 9.80 Å². The largest absolute Gasteiger partial charge is 0.341 e. The highest BCUT2D eigenvalue weighted by atomic mass is 16.2. The number of amides is 1. The van der Waals surface area contributed by atoms with Crippen molar-refractivity contribution in [2.75, 3.05) is 39.3 Å². The first-order chi connectivity index (χ1) is 8.04. The molecule has 0 rings (SSSR count). The first-order valence-electron chi connectivity index (χ1n) is 6.75. The minimum atomic E-state index is 0.188. The van der Waals surface area contributed by atoms with Crippen LogP contribution in [-0.4, -0.2) is 55.0 Å². The van der Waals surface area contributed by atoms with Crippen LogP contribution in [0.5, 0.6) is 0 Å². The van der Waals surface area contributed by atoms with Crippen molar-refractivity contribution in [2.24, 2.45) is 11.7 Å². The normalized spacial score (nSPS) is 11.2. The number of nitrogens with two attached hydrogens (primary N) is 1. The fourth-order valence-electron chi connectivity index (χ4n) is 1.84. The molecule has 0 spiro atoms. The van der Waals surface area contributed by atoms with Gasteiger partial charge in [0.25, 0.3) is 0 Å². The predicted octanol–water partition coefficient (Wildman–Crippen LogP) is 1.16. The Morgan fingerprint density at radius 2 is 1.76 bits per heavy atom. The fraction of sp³-hybridized carbons (Fsp3) is 0.923. The molecule has 0 aliphatic carbocycles. The van der Waals surface area contributed by atoms with Gasteiger partial charge in [0.1, 0.15) is 0 Å². The van der Waals surface area contributed by atoms with Crippen molar-refractivity contribution in [2.45, 2.75) is 34.1 Å². The van der Waals surface area contributed by atoms with Gasteiger partial charge in [-0.25, -0.2) is 0 Å². The van der Waals surface area contributed by atoms with Gasteiger partial charge in [0.2, 0.25) is 5.91 Å². The van der Waals surface area contributed by atoms with Gasteiger partial charge in [0, 0.05) is 32.6 Å². The van der Waals surface area contributed by atoms with E-state index < -0.39 is 0 Å². The van der Waals surface area contributed by atoms with E-state index in [4.69, 9.17) is 5.73 Å². The zero-order valence-corrected chi connectivity index (χ0v) is 11.9. The maximum absolute atomic E-state index is 11.9. The Balaban J connectivity index is 4.22. The molecule has 0 saturated heterocycles. The molecular weight excluding hydrogens is 214 g/mol. The highest BCUT2D eigenvalue weighted by molar-refractivity contribution is 5.76. The molecule has 1 amide bonds. The molecule has 0 heterocycles. The zero-order chi connectivity index (χ0) is 13.3. The molecule has 4 nitrogen and oxygen atoms in total. The van der Waals surface area contributed by atoms with E-state index in [1.54, 1.807) is 0 Å². The molecule has 2 N–H and O–H groups in total. The summed E-state index contributed by atoms with van der Waals surface area (Å²) in [6.45, 7) is 13.7. The van der Waals surface area contributed by atoms with Gasteiger partial charge in [-0.05, 0) is 19.0 Å². The molecule has 0 saturated carbocycles. The quantitative estimate of drug-likeness (QED) is 0.661. The van der Waals surface area contributed by atoms with E-state index in [0.717, 1.165) is 32.7 Å². The molecule has 17 heavy (non-hydrogen) atoms. The van der Waals surface area contributed by atoms with E-state index in [2.05, 4.69) is 32.6 Å². The first kappa shape index (κ1) is 16.4. The number of carbonyl (C=O) groups is 1. The fourth-order valence-corrected chi connectivity index (χ4v) is 1.84. The number of hydrogen-bond donors (Lipinski definition) is 1. The lowest BCUT2D eigenvalue weighted by Crippen LogP contribution is -2.41. The average Bonchev–Trinajstić information content (AvgIpc) is 2.28. The van der Waals surface area contributed by atoms with Gasteiger partial charge in [0.05, 0.1) is 0 Å². The van der Waals surface area contributed by atoms with Crippen LogP contribution in [-0.2, 0) is 4.79 Å². The van der Waals surface area contributed by atoms with Gasteiger partial charge in [-0.15, -0.1) is 0 Å². The Bertz CT molecular complexity index is 203. The highest BCUT2D eigenvalue weighted by Crippen LogP contribution is 2.02. The monoisotopic (exact) mass is 243 g/mol. The lowest BCUT2D eigenvalue weighted by molar-refractivity contribution is -0.131. The van der Waals surface area contributed by atoms with Crippen molar-refractivity contribution in [1.29, 1.82) is 0 Å². The standard InChI is InChI=1S/C13H29N3O/c1-5-15(6-2)9-10-16(11-12(3)4)13(17)7-8-14/h12H,5-11,14H2,1-4H3. The lowest BCUT2D eigenvalue weighted by Gasteiger charge is -2.27. The second-order valence-electron chi connectivity index (χ2n) is 4.80. The van der Waals surface area contributed by atoms with Crippen molar-refractivity contribution in [3.8, 4) is 0 Å². The third-order valence-electron chi connectivity index (χ3n) is 2.88. The summed E-state index contributed by atoms with van der Waals surface area (Å²) in [6, 6.07) is 0. The number of nitrogens with zero attached hydrogens (tertiary/aromatic N) is 2. The van der Waals surface area contributed by atoms with E-state index in [1.807, 2.05) is 4.90 Å². The summed E-state index contributed by atoms with van der Waals surface area (Å²) in [6.07, 6.45) is 0.463. The summed E-state index contributed by atoms with van der Waals surface area (Å²) in [7, 11) is 0. The highest BCUT2D eigenvalue weighted by Gasteiger charge is 2.14. The van der Waals surface area contributed by atoms with Crippen molar-refractivity contribution in [3.63, 3.8) is 0 Å². The molecule has 0 aliphatic heterocycles. The Labute approximate surface area is 106 Å². The molecular formula is C13H29N3O. The van der Waals surface area contributed by atoms with Gasteiger partial charge in [-0.3, -0.25) is 4.79 Å². The Morgan fingerprint density at radius 1 is 1.18 bits per heavy atom. The van der Waals surface area contributed by atoms with E-state index in [-0.39, 0.29) is 5.91 Å². The predicted molar refractivity (Wildman–Crippen MR) is 72.9 cm³/mol. The van der Waals surface area contributed by atoms with Gasteiger partial charge < -0.3 is 15.5 Å². The third kappa shape index (κ3) is 7.34. The van der Waals surface area contributed by atoms with Crippen molar-refractivity contribution >= 4 is 5.91 Å². The van der Waals surface area contributed by atoms with Crippen molar-refractivity contribution < 1.29 is 4.79 Å². The lowest BCUT2D eigenvalue weighted by atomic mass is 10.2. The summed E-state index contributed by atoms with van der Waals surface area (Å²) in [5.74, 6) is 0.696. The summed E-state index contributed by atoms with van der Waals surface area (Å²) in [5.41, 5.74) is 5.45. The minimum absolute atomic E-state index is 0.188. The average molecular weight is 243 g/mol. The minimum Gasteiger partial charge on any atom is -0.341 e. The molecule has 0 radical (unpaired) electrons. The second kappa shape index (κ2) is 9.42. The Hall–Kier alpha value is -0.610. The first-order valence-corrected chi connectivity index (χ1v) is 6.75. The van der Waals surface area contributed by atoms with Crippen LogP contribution in [0.3, 0.4) is 0 Å². The smallest absolute Gasteiger partial charge is 0.223 e. The van der Waals surface area contributed by atoms with E-state index in [9.17, 15) is 4.79 Å². The van der Waals surface area contributed by atoms with Crippen LogP contribution >= 0.6 is 0 Å². The molecule has 102 valence electrons. The van der Waals surface area contributed by atoms with E-state index in [0.29, 0.717) is 18.9 Å². The van der Waals surface area contributed by atoms with Gasteiger partial charge in [-0.2, -0.15) is 0 Å². The third-order valence-corrected chi connectivity index (χ3v) is 2.88. The molecule has 4 heteroatoms. The SMILES string of the molecule is CCN(CC)CCN(CC(C)C)C(=O)CCN. The van der Waals surface area contributed by atoms with Gasteiger partial charge in [0.15, 0.2) is 0 Å². The van der Waals surface area contributed by atoms with Crippen LogP contribution < -0.4 is 5.73 Å².